The number of aliphatic hydroxyl groups excluding tert-OH is 1. The first-order valence-electron chi connectivity index (χ1n) is 4.87. The third-order valence-corrected chi connectivity index (χ3v) is 2.22. The van der Waals surface area contributed by atoms with Crippen molar-refractivity contribution in [3.8, 4) is 0 Å². The van der Waals surface area contributed by atoms with Gasteiger partial charge < -0.3 is 14.6 Å². The van der Waals surface area contributed by atoms with Crippen LogP contribution in [0.15, 0.2) is 30.3 Å². The van der Waals surface area contributed by atoms with Gasteiger partial charge in [0.2, 0.25) is 0 Å². The van der Waals surface area contributed by atoms with Crippen LogP contribution >= 0.6 is 0 Å². The Kier molecular flexibility index (Phi) is 3.14. The van der Waals surface area contributed by atoms with Crippen LogP contribution in [0, 0.1) is 0 Å². The SMILES string of the molecule is OCCCC1OC(c2ccccc2)O1. The summed E-state index contributed by atoms with van der Waals surface area (Å²) in [6.07, 6.45) is 1.15. The van der Waals surface area contributed by atoms with Gasteiger partial charge in [0, 0.05) is 18.6 Å². The first kappa shape index (κ1) is 9.65. The lowest BCUT2D eigenvalue weighted by molar-refractivity contribution is -0.392. The summed E-state index contributed by atoms with van der Waals surface area (Å²) >= 11 is 0. The maximum Gasteiger partial charge on any atom is 0.189 e. The minimum Gasteiger partial charge on any atom is -0.396 e. The molecule has 1 aliphatic rings. The van der Waals surface area contributed by atoms with Gasteiger partial charge in [-0.2, -0.15) is 0 Å². The van der Waals surface area contributed by atoms with Crippen molar-refractivity contribution >= 4 is 0 Å². The predicted molar refractivity (Wildman–Crippen MR) is 51.5 cm³/mol. The van der Waals surface area contributed by atoms with Gasteiger partial charge in [0.05, 0.1) is 0 Å². The Bertz CT molecular complexity index is 267. The molecule has 0 saturated carbocycles. The van der Waals surface area contributed by atoms with Gasteiger partial charge in [-0.3, -0.25) is 0 Å². The molecule has 0 aliphatic carbocycles. The van der Waals surface area contributed by atoms with E-state index in [2.05, 4.69) is 0 Å². The van der Waals surface area contributed by atoms with Crippen LogP contribution in [-0.4, -0.2) is 18.0 Å². The first-order chi connectivity index (χ1) is 6.90. The molecule has 0 amide bonds. The molecule has 0 spiro atoms. The summed E-state index contributed by atoms with van der Waals surface area (Å²) in [5, 5.41) is 8.61. The molecule has 1 N–H and O–H groups in total. The van der Waals surface area contributed by atoms with Crippen molar-refractivity contribution in [3.63, 3.8) is 0 Å². The number of rotatable bonds is 4. The van der Waals surface area contributed by atoms with E-state index in [4.69, 9.17) is 14.6 Å². The third-order valence-electron chi connectivity index (χ3n) is 2.22. The van der Waals surface area contributed by atoms with Gasteiger partial charge in [-0.05, 0) is 6.42 Å². The van der Waals surface area contributed by atoms with E-state index < -0.39 is 0 Å². The number of aliphatic hydroxyl groups is 1. The Morgan fingerprint density at radius 2 is 1.86 bits per heavy atom. The summed E-state index contributed by atoms with van der Waals surface area (Å²) in [5.41, 5.74) is 1.05. The Labute approximate surface area is 83.3 Å². The van der Waals surface area contributed by atoms with Crippen molar-refractivity contribution in [2.75, 3.05) is 6.61 Å². The van der Waals surface area contributed by atoms with Gasteiger partial charge in [0.15, 0.2) is 12.6 Å². The molecule has 1 saturated heterocycles. The Hall–Kier alpha value is -0.900. The van der Waals surface area contributed by atoms with E-state index in [1.807, 2.05) is 30.3 Å². The van der Waals surface area contributed by atoms with Crippen LogP contribution < -0.4 is 0 Å². The van der Waals surface area contributed by atoms with Crippen LogP contribution in [-0.2, 0) is 9.47 Å². The monoisotopic (exact) mass is 194 g/mol. The molecular weight excluding hydrogens is 180 g/mol. The summed E-state index contributed by atoms with van der Waals surface area (Å²) < 4.78 is 11.0. The van der Waals surface area contributed by atoms with E-state index in [1.165, 1.54) is 0 Å². The van der Waals surface area contributed by atoms with E-state index in [9.17, 15) is 0 Å². The number of hydrogen-bond donors (Lipinski definition) is 1. The summed E-state index contributed by atoms with van der Waals surface area (Å²) in [6, 6.07) is 9.84. The predicted octanol–water partition coefficient (Wildman–Crippen LogP) is 1.83. The fourth-order valence-electron chi connectivity index (χ4n) is 1.45. The Balaban J connectivity index is 1.78. The largest absolute Gasteiger partial charge is 0.396 e. The maximum absolute atomic E-state index is 8.61. The van der Waals surface area contributed by atoms with Crippen LogP contribution in [0.1, 0.15) is 24.7 Å². The van der Waals surface area contributed by atoms with Gasteiger partial charge in [0.1, 0.15) is 0 Å². The first-order valence-corrected chi connectivity index (χ1v) is 4.87. The zero-order chi connectivity index (χ0) is 9.80. The fraction of sp³-hybridized carbons (Fsp3) is 0.455. The highest BCUT2D eigenvalue weighted by molar-refractivity contribution is 5.16. The second-order valence-corrected chi connectivity index (χ2v) is 3.31. The summed E-state index contributed by atoms with van der Waals surface area (Å²) in [5.74, 6) is 0. The van der Waals surface area contributed by atoms with Crippen LogP contribution in [0.3, 0.4) is 0 Å². The average molecular weight is 194 g/mol. The van der Waals surface area contributed by atoms with E-state index in [-0.39, 0.29) is 19.2 Å². The van der Waals surface area contributed by atoms with Crippen LogP contribution in [0.2, 0.25) is 0 Å². The van der Waals surface area contributed by atoms with Gasteiger partial charge in [-0.1, -0.05) is 30.3 Å². The molecule has 0 atom stereocenters. The Morgan fingerprint density at radius 1 is 1.14 bits per heavy atom. The van der Waals surface area contributed by atoms with Crippen LogP contribution in [0.25, 0.3) is 0 Å². The number of benzene rings is 1. The molecule has 3 nitrogen and oxygen atoms in total. The number of hydrogen-bond acceptors (Lipinski definition) is 3. The quantitative estimate of drug-likeness (QED) is 0.794. The normalized spacial score (nSPS) is 25.8. The van der Waals surface area contributed by atoms with Crippen molar-refractivity contribution in [2.24, 2.45) is 0 Å². The van der Waals surface area contributed by atoms with Crippen molar-refractivity contribution in [1.29, 1.82) is 0 Å². The van der Waals surface area contributed by atoms with E-state index in [0.717, 1.165) is 18.4 Å². The summed E-state index contributed by atoms with van der Waals surface area (Å²) in [7, 11) is 0. The average Bonchev–Trinajstić information content (AvgIpc) is 2.17. The number of ether oxygens (including phenoxy) is 2. The molecule has 0 radical (unpaired) electrons. The minimum atomic E-state index is -0.208. The van der Waals surface area contributed by atoms with Crippen molar-refractivity contribution in [1.82, 2.24) is 0 Å². The molecule has 1 aliphatic heterocycles. The van der Waals surface area contributed by atoms with Gasteiger partial charge in [-0.25, -0.2) is 0 Å². The molecular formula is C11H14O3. The lowest BCUT2D eigenvalue weighted by Gasteiger charge is -2.36. The molecule has 1 fully saturated rings. The topological polar surface area (TPSA) is 38.7 Å². The molecule has 1 aromatic carbocycles. The zero-order valence-corrected chi connectivity index (χ0v) is 7.93. The van der Waals surface area contributed by atoms with Crippen molar-refractivity contribution in [2.45, 2.75) is 25.4 Å². The van der Waals surface area contributed by atoms with Gasteiger partial charge >= 0.3 is 0 Å². The highest BCUT2D eigenvalue weighted by Crippen LogP contribution is 2.33. The molecule has 1 aromatic rings. The van der Waals surface area contributed by atoms with E-state index in [0.29, 0.717) is 0 Å². The lowest BCUT2D eigenvalue weighted by atomic mass is 10.2. The van der Waals surface area contributed by atoms with Crippen LogP contribution in [0.5, 0.6) is 0 Å². The molecule has 0 bridgehead atoms. The highest BCUT2D eigenvalue weighted by Gasteiger charge is 2.31. The van der Waals surface area contributed by atoms with E-state index in [1.54, 1.807) is 0 Å². The van der Waals surface area contributed by atoms with Crippen molar-refractivity contribution < 1.29 is 14.6 Å². The van der Waals surface area contributed by atoms with Crippen LogP contribution in [0.4, 0.5) is 0 Å². The highest BCUT2D eigenvalue weighted by atomic mass is 16.9. The second kappa shape index (κ2) is 4.55. The molecule has 0 aromatic heterocycles. The van der Waals surface area contributed by atoms with Gasteiger partial charge in [-0.15, -0.1) is 0 Å². The molecule has 3 heteroatoms. The Morgan fingerprint density at radius 3 is 2.50 bits per heavy atom. The molecule has 0 unspecified atom stereocenters. The van der Waals surface area contributed by atoms with Crippen molar-refractivity contribution in [3.05, 3.63) is 35.9 Å². The maximum atomic E-state index is 8.61. The smallest absolute Gasteiger partial charge is 0.189 e. The van der Waals surface area contributed by atoms with E-state index >= 15 is 0 Å². The molecule has 76 valence electrons. The fourth-order valence-corrected chi connectivity index (χ4v) is 1.45. The lowest BCUT2D eigenvalue weighted by Crippen LogP contribution is -2.34. The second-order valence-electron chi connectivity index (χ2n) is 3.31. The zero-order valence-electron chi connectivity index (χ0n) is 7.93. The van der Waals surface area contributed by atoms with Gasteiger partial charge in [0.25, 0.3) is 0 Å². The standard InChI is InChI=1S/C11H14O3/c12-8-4-7-10-13-11(14-10)9-5-2-1-3-6-9/h1-3,5-6,10-12H,4,7-8H2. The summed E-state index contributed by atoms with van der Waals surface area (Å²) in [6.45, 7) is 0.194. The molecule has 14 heavy (non-hydrogen) atoms. The summed E-state index contributed by atoms with van der Waals surface area (Å²) in [4.78, 5) is 0. The minimum absolute atomic E-state index is 0.132. The third kappa shape index (κ3) is 2.12. The molecule has 1 heterocycles. The molecule has 2 rings (SSSR count).